The second-order valence-corrected chi connectivity index (χ2v) is 12.5. The average molecular weight is 579 g/mol. The van der Waals surface area contributed by atoms with Crippen LogP contribution in [0.15, 0.2) is 47.3 Å². The summed E-state index contributed by atoms with van der Waals surface area (Å²) in [6.07, 6.45) is 5.23. The van der Waals surface area contributed by atoms with Gasteiger partial charge >= 0.3 is 5.97 Å². The molecule has 4 aliphatic rings. The summed E-state index contributed by atoms with van der Waals surface area (Å²) in [5, 5.41) is 45.1. The summed E-state index contributed by atoms with van der Waals surface area (Å²) in [6, 6.07) is 1.79. The molecule has 4 aliphatic carbocycles. The van der Waals surface area contributed by atoms with Gasteiger partial charge in [0.1, 0.15) is 34.4 Å². The molecule has 1 aromatic rings. The molecule has 222 valence electrons. The van der Waals surface area contributed by atoms with Gasteiger partial charge in [-0.25, -0.2) is 0 Å². The zero-order valence-electron chi connectivity index (χ0n) is 24.0. The minimum atomic E-state index is -2.71. The van der Waals surface area contributed by atoms with Crippen molar-refractivity contribution < 1.29 is 44.3 Å². The van der Waals surface area contributed by atoms with Gasteiger partial charge in [0.2, 0.25) is 5.78 Å². The molecule has 0 aromatic heterocycles. The number of rotatable bonds is 4. The van der Waals surface area contributed by atoms with Crippen molar-refractivity contribution in [1.29, 1.82) is 0 Å². The molecule has 42 heavy (non-hydrogen) atoms. The molecule has 5 atom stereocenters. The van der Waals surface area contributed by atoms with Crippen LogP contribution in [-0.2, 0) is 30.3 Å². The number of carbonyl (C=O) groups excluding carboxylic acids is 4. The van der Waals surface area contributed by atoms with Gasteiger partial charge < -0.3 is 30.9 Å². The predicted octanol–water partition coefficient (Wildman–Crippen LogP) is 1.88. The Labute approximate surface area is 242 Å². The number of ketones is 2. The molecule has 1 unspecified atom stereocenters. The number of nitrogens with two attached hydrogens (primary N) is 1. The highest BCUT2D eigenvalue weighted by Crippen LogP contribution is 2.53. The largest absolute Gasteiger partial charge is 0.508 e. The first kappa shape index (κ1) is 29.3. The lowest BCUT2D eigenvalue weighted by Gasteiger charge is -2.50. The van der Waals surface area contributed by atoms with Crippen molar-refractivity contribution in [2.75, 3.05) is 14.1 Å². The van der Waals surface area contributed by atoms with Crippen LogP contribution in [0.5, 0.6) is 5.75 Å². The van der Waals surface area contributed by atoms with E-state index in [1.54, 1.807) is 59.2 Å². The highest BCUT2D eigenvalue weighted by molar-refractivity contribution is 6.24. The quantitative estimate of drug-likeness (QED) is 0.261. The van der Waals surface area contributed by atoms with Crippen molar-refractivity contribution in [3.8, 4) is 5.75 Å². The standard InChI is InChI=1S/C31H34N2O9/c1-30(2,3)42-29(40)16-8-6-7-14(16)15-9-10-19(34)21-17(15)11-13-12-18-23(33(4)5)25(36)22(28(32)39)27(38)31(18,41)26(37)20(13)24(21)35/h6-10,13,16,18,23,34-35,38,41H,11-12H2,1-5H3,(H2,32,39)/t13-,16?,18-,23-,31-/m0/s1. The molecule has 11 nitrogen and oxygen atoms in total. The first-order valence-corrected chi connectivity index (χ1v) is 13.6. The molecule has 0 saturated heterocycles. The van der Waals surface area contributed by atoms with Crippen LogP contribution in [0.3, 0.4) is 0 Å². The van der Waals surface area contributed by atoms with Crippen molar-refractivity contribution >= 4 is 34.8 Å². The molecule has 1 fully saturated rings. The van der Waals surface area contributed by atoms with E-state index in [2.05, 4.69) is 0 Å². The van der Waals surface area contributed by atoms with E-state index in [0.29, 0.717) is 16.7 Å². The zero-order chi connectivity index (χ0) is 31.0. The van der Waals surface area contributed by atoms with Gasteiger partial charge in [0.05, 0.1) is 11.6 Å². The number of aromatic hydroxyl groups is 1. The van der Waals surface area contributed by atoms with Crippen molar-refractivity contribution in [2.24, 2.45) is 23.5 Å². The Bertz CT molecular complexity index is 1570. The summed E-state index contributed by atoms with van der Waals surface area (Å²) in [5.74, 6) is -8.39. The number of aliphatic hydroxyl groups excluding tert-OH is 2. The van der Waals surface area contributed by atoms with Gasteiger partial charge in [0, 0.05) is 11.5 Å². The van der Waals surface area contributed by atoms with E-state index in [0.717, 1.165) is 0 Å². The van der Waals surface area contributed by atoms with Crippen LogP contribution < -0.4 is 5.73 Å². The highest BCUT2D eigenvalue weighted by Gasteiger charge is 2.64. The summed E-state index contributed by atoms with van der Waals surface area (Å²) in [4.78, 5) is 53.9. The summed E-state index contributed by atoms with van der Waals surface area (Å²) < 4.78 is 5.60. The SMILES string of the molecule is CN(C)[C@@H]1C(=O)C(C(N)=O)=C(O)[C@@]2(O)C(=O)C3=C(O)c4c(O)ccc(C5=CC=CC5C(=O)OC(C)(C)C)c4C[C@H]3C[C@@H]12. The molecular formula is C31H34N2O9. The fraction of sp³-hybridized carbons (Fsp3) is 0.419. The predicted molar refractivity (Wildman–Crippen MR) is 151 cm³/mol. The van der Waals surface area contributed by atoms with Gasteiger partial charge in [-0.2, -0.15) is 0 Å². The Kier molecular flexibility index (Phi) is 6.74. The minimum absolute atomic E-state index is 0.0341. The maximum Gasteiger partial charge on any atom is 0.317 e. The third-order valence-corrected chi connectivity index (χ3v) is 8.49. The van der Waals surface area contributed by atoms with Gasteiger partial charge in [-0.1, -0.05) is 24.3 Å². The number of phenols is 1. The lowest BCUT2D eigenvalue weighted by Crippen LogP contribution is -2.65. The molecule has 0 heterocycles. The van der Waals surface area contributed by atoms with Gasteiger partial charge in [-0.05, 0) is 76.4 Å². The number of aliphatic hydroxyl groups is 3. The third-order valence-electron chi connectivity index (χ3n) is 8.49. The van der Waals surface area contributed by atoms with Crippen LogP contribution in [-0.4, -0.2) is 80.1 Å². The average Bonchev–Trinajstić information content (AvgIpc) is 3.35. The topological polar surface area (TPSA) is 188 Å². The number of likely N-dealkylation sites (N-methyl/N-ethyl adjacent to an activating group) is 1. The van der Waals surface area contributed by atoms with E-state index in [1.165, 1.54) is 11.0 Å². The zero-order valence-corrected chi connectivity index (χ0v) is 24.0. The van der Waals surface area contributed by atoms with Gasteiger partial charge in [0.25, 0.3) is 5.91 Å². The molecule has 6 N–H and O–H groups in total. The van der Waals surface area contributed by atoms with Crippen molar-refractivity contribution in [3.63, 3.8) is 0 Å². The summed E-state index contributed by atoms with van der Waals surface area (Å²) in [5.41, 5.74) is 2.40. The molecule has 1 saturated carbocycles. The van der Waals surface area contributed by atoms with Crippen LogP contribution in [0, 0.1) is 17.8 Å². The molecule has 0 spiro atoms. The number of amides is 1. The number of esters is 1. The molecule has 1 aromatic carbocycles. The maximum atomic E-state index is 14.0. The van der Waals surface area contributed by atoms with E-state index < -0.39 is 75.5 Å². The Morgan fingerprint density at radius 1 is 1.12 bits per heavy atom. The number of nitrogens with zero attached hydrogens (tertiary/aromatic N) is 1. The molecule has 5 rings (SSSR count). The minimum Gasteiger partial charge on any atom is -0.508 e. The second-order valence-electron chi connectivity index (χ2n) is 12.5. The van der Waals surface area contributed by atoms with Crippen molar-refractivity contribution in [3.05, 3.63) is 64.0 Å². The Morgan fingerprint density at radius 2 is 1.79 bits per heavy atom. The number of carbonyl (C=O) groups is 4. The van der Waals surface area contributed by atoms with Crippen LogP contribution >= 0.6 is 0 Å². The molecule has 0 bridgehead atoms. The highest BCUT2D eigenvalue weighted by atomic mass is 16.6. The molecule has 11 heteroatoms. The van der Waals surface area contributed by atoms with Crippen LogP contribution in [0.4, 0.5) is 0 Å². The normalized spacial score (nSPS) is 28.9. The number of ether oxygens (including phenoxy) is 1. The number of hydrogen-bond donors (Lipinski definition) is 5. The summed E-state index contributed by atoms with van der Waals surface area (Å²) >= 11 is 0. The first-order chi connectivity index (χ1) is 19.5. The smallest absolute Gasteiger partial charge is 0.317 e. The molecular weight excluding hydrogens is 544 g/mol. The first-order valence-electron chi connectivity index (χ1n) is 13.6. The van der Waals surface area contributed by atoms with E-state index >= 15 is 0 Å². The number of Topliss-reactive ketones (excluding diaryl/α,β-unsaturated/α-hetero) is 2. The molecule has 1 amide bonds. The third kappa shape index (κ3) is 4.18. The van der Waals surface area contributed by atoms with E-state index in [1.807, 2.05) is 0 Å². The van der Waals surface area contributed by atoms with E-state index in [4.69, 9.17) is 10.5 Å². The van der Waals surface area contributed by atoms with Crippen molar-refractivity contribution in [1.82, 2.24) is 4.90 Å². The number of allylic oxidation sites excluding steroid dienone is 2. The maximum absolute atomic E-state index is 14.0. The van der Waals surface area contributed by atoms with Crippen LogP contribution in [0.25, 0.3) is 11.3 Å². The van der Waals surface area contributed by atoms with Crippen molar-refractivity contribution in [2.45, 2.75) is 50.9 Å². The number of hydrogen-bond acceptors (Lipinski definition) is 10. The number of benzene rings is 1. The van der Waals surface area contributed by atoms with Crippen LogP contribution in [0.2, 0.25) is 0 Å². The Morgan fingerprint density at radius 3 is 2.38 bits per heavy atom. The lowest BCUT2D eigenvalue weighted by atomic mass is 9.57. The fourth-order valence-corrected chi connectivity index (χ4v) is 6.82. The van der Waals surface area contributed by atoms with Gasteiger partial charge in [-0.3, -0.25) is 24.1 Å². The van der Waals surface area contributed by atoms with E-state index in [-0.39, 0.29) is 29.7 Å². The second kappa shape index (κ2) is 9.67. The van der Waals surface area contributed by atoms with Gasteiger partial charge in [-0.15, -0.1) is 0 Å². The van der Waals surface area contributed by atoms with Crippen LogP contribution in [0.1, 0.15) is 43.9 Å². The Balaban J connectivity index is 1.66. The number of phenolic OH excluding ortho intramolecular Hbond substituents is 1. The molecule has 0 aliphatic heterocycles. The number of fused-ring (bicyclic) bond motifs is 3. The molecule has 0 radical (unpaired) electrons. The van der Waals surface area contributed by atoms with E-state index in [9.17, 15) is 39.6 Å². The fourth-order valence-electron chi connectivity index (χ4n) is 6.82. The van der Waals surface area contributed by atoms with Gasteiger partial charge in [0.15, 0.2) is 11.4 Å². The Hall–Kier alpha value is -4.22. The summed E-state index contributed by atoms with van der Waals surface area (Å²) in [6.45, 7) is 5.28. The number of primary amides is 1. The lowest BCUT2D eigenvalue weighted by molar-refractivity contribution is -0.156. The summed E-state index contributed by atoms with van der Waals surface area (Å²) in [7, 11) is 3.08. The monoisotopic (exact) mass is 578 g/mol.